The molecule has 0 atom stereocenters. The topological polar surface area (TPSA) is 21.3 Å². The quantitative estimate of drug-likeness (QED) is 0.777. The van der Waals surface area contributed by atoms with Gasteiger partial charge in [-0.25, -0.2) is 8.78 Å². The van der Waals surface area contributed by atoms with Crippen LogP contribution < -0.4 is 5.32 Å². The van der Waals surface area contributed by atoms with Crippen LogP contribution in [0.1, 0.15) is 5.56 Å². The maximum atomic E-state index is 13.4. The molecular weight excluding hydrogens is 188 g/mol. The second-order valence-corrected chi connectivity index (χ2v) is 3.45. The van der Waals surface area contributed by atoms with Crippen LogP contribution in [0.15, 0.2) is 18.2 Å². The third kappa shape index (κ3) is 1.31. The number of hydrogen-bond donors (Lipinski definition) is 1. The van der Waals surface area contributed by atoms with E-state index in [-0.39, 0.29) is 0 Å². The van der Waals surface area contributed by atoms with Crippen molar-refractivity contribution < 1.29 is 13.5 Å². The fourth-order valence-corrected chi connectivity index (χ4v) is 1.62. The molecule has 76 valence electrons. The molecule has 0 spiro atoms. The van der Waals surface area contributed by atoms with Crippen molar-refractivity contribution in [2.45, 2.75) is 5.54 Å². The van der Waals surface area contributed by atoms with Gasteiger partial charge >= 0.3 is 0 Å². The Balaban J connectivity index is 2.40. The standard InChI is InChI=1S/C10H11F2NO/c1-13-10(5-14-6-10)8-3-2-7(11)4-9(8)12/h2-4,13H,5-6H2,1H3. The molecule has 1 heterocycles. The van der Waals surface area contributed by atoms with Gasteiger partial charge in [-0.05, 0) is 13.1 Å². The molecule has 1 aromatic rings. The lowest BCUT2D eigenvalue weighted by Crippen LogP contribution is -2.56. The molecule has 0 saturated carbocycles. The second kappa shape index (κ2) is 3.29. The fraction of sp³-hybridized carbons (Fsp3) is 0.400. The molecule has 1 N–H and O–H groups in total. The molecule has 0 aromatic heterocycles. The first-order chi connectivity index (χ1) is 6.68. The average Bonchev–Trinajstić information content (AvgIpc) is 2.07. The Morgan fingerprint density at radius 3 is 2.50 bits per heavy atom. The van der Waals surface area contributed by atoms with Crippen molar-refractivity contribution in [1.29, 1.82) is 0 Å². The lowest BCUT2D eigenvalue weighted by molar-refractivity contribution is -0.0764. The number of hydrogen-bond acceptors (Lipinski definition) is 2. The highest BCUT2D eigenvalue weighted by Gasteiger charge is 2.40. The minimum absolute atomic E-state index is 0.423. The zero-order chi connectivity index (χ0) is 10.2. The summed E-state index contributed by atoms with van der Waals surface area (Å²) in [5, 5.41) is 3.00. The van der Waals surface area contributed by atoms with Gasteiger partial charge in [0.1, 0.15) is 11.6 Å². The number of nitrogens with one attached hydrogen (secondary N) is 1. The van der Waals surface area contributed by atoms with Crippen LogP contribution in [0.4, 0.5) is 8.78 Å². The van der Waals surface area contributed by atoms with Crippen molar-refractivity contribution >= 4 is 0 Å². The van der Waals surface area contributed by atoms with Crippen LogP contribution in [0.25, 0.3) is 0 Å². The van der Waals surface area contributed by atoms with Crippen LogP contribution in [-0.4, -0.2) is 20.3 Å². The summed E-state index contributed by atoms with van der Waals surface area (Å²) >= 11 is 0. The molecule has 2 nitrogen and oxygen atoms in total. The predicted molar refractivity (Wildman–Crippen MR) is 47.9 cm³/mol. The Morgan fingerprint density at radius 1 is 1.36 bits per heavy atom. The zero-order valence-electron chi connectivity index (χ0n) is 7.81. The molecule has 1 fully saturated rings. The molecule has 1 aliphatic rings. The molecule has 1 aliphatic heterocycles. The van der Waals surface area contributed by atoms with Crippen LogP contribution >= 0.6 is 0 Å². The van der Waals surface area contributed by atoms with E-state index in [4.69, 9.17) is 4.74 Å². The molecule has 0 amide bonds. The first-order valence-electron chi connectivity index (χ1n) is 4.40. The highest BCUT2D eigenvalue weighted by Crippen LogP contribution is 2.31. The van der Waals surface area contributed by atoms with Crippen molar-refractivity contribution in [2.24, 2.45) is 0 Å². The first kappa shape index (κ1) is 9.55. The summed E-state index contributed by atoms with van der Waals surface area (Å²) in [7, 11) is 1.74. The van der Waals surface area contributed by atoms with Gasteiger partial charge in [0.2, 0.25) is 0 Å². The fourth-order valence-electron chi connectivity index (χ4n) is 1.62. The van der Waals surface area contributed by atoms with E-state index in [0.29, 0.717) is 18.8 Å². The molecule has 2 rings (SSSR count). The van der Waals surface area contributed by atoms with Gasteiger partial charge < -0.3 is 10.1 Å². The maximum absolute atomic E-state index is 13.4. The maximum Gasteiger partial charge on any atom is 0.131 e. The smallest absolute Gasteiger partial charge is 0.131 e. The zero-order valence-corrected chi connectivity index (χ0v) is 7.81. The Morgan fingerprint density at radius 2 is 2.07 bits per heavy atom. The van der Waals surface area contributed by atoms with E-state index in [1.165, 1.54) is 12.1 Å². The summed E-state index contributed by atoms with van der Waals surface area (Å²) in [5.41, 5.74) is -0.00900. The minimum Gasteiger partial charge on any atom is -0.377 e. The SMILES string of the molecule is CNC1(c2ccc(F)cc2F)COC1. The van der Waals surface area contributed by atoms with Crippen molar-refractivity contribution in [3.05, 3.63) is 35.4 Å². The predicted octanol–water partition coefficient (Wildman–Crippen LogP) is 1.41. The van der Waals surface area contributed by atoms with Crippen LogP contribution in [-0.2, 0) is 10.3 Å². The van der Waals surface area contributed by atoms with Crippen LogP contribution in [0, 0.1) is 11.6 Å². The van der Waals surface area contributed by atoms with E-state index in [1.807, 2.05) is 0 Å². The molecule has 0 unspecified atom stereocenters. The molecule has 4 heteroatoms. The van der Waals surface area contributed by atoms with E-state index in [1.54, 1.807) is 7.05 Å². The van der Waals surface area contributed by atoms with Crippen molar-refractivity contribution in [3.8, 4) is 0 Å². The number of rotatable bonds is 2. The third-order valence-corrected chi connectivity index (χ3v) is 2.62. The van der Waals surface area contributed by atoms with Crippen LogP contribution in [0.3, 0.4) is 0 Å². The number of ether oxygens (including phenoxy) is 1. The monoisotopic (exact) mass is 199 g/mol. The van der Waals surface area contributed by atoms with Crippen LogP contribution in [0.5, 0.6) is 0 Å². The molecule has 1 saturated heterocycles. The van der Waals surface area contributed by atoms with Gasteiger partial charge in [-0.15, -0.1) is 0 Å². The molecule has 0 radical (unpaired) electrons. The summed E-state index contributed by atoms with van der Waals surface area (Å²) in [4.78, 5) is 0. The lowest BCUT2D eigenvalue weighted by atomic mass is 9.88. The number of benzene rings is 1. The van der Waals surface area contributed by atoms with E-state index in [2.05, 4.69) is 5.32 Å². The minimum atomic E-state index is -0.558. The third-order valence-electron chi connectivity index (χ3n) is 2.62. The summed E-state index contributed by atoms with van der Waals surface area (Å²) < 4.78 is 31.1. The van der Waals surface area contributed by atoms with Crippen molar-refractivity contribution in [1.82, 2.24) is 5.32 Å². The second-order valence-electron chi connectivity index (χ2n) is 3.45. The van der Waals surface area contributed by atoms with E-state index >= 15 is 0 Å². The Bertz CT molecular complexity index is 344. The molecular formula is C10H11F2NO. The highest BCUT2D eigenvalue weighted by atomic mass is 19.1. The summed E-state index contributed by atoms with van der Waals surface area (Å²) in [6, 6.07) is 3.62. The van der Waals surface area contributed by atoms with Gasteiger partial charge in [0.25, 0.3) is 0 Å². The summed E-state index contributed by atoms with van der Waals surface area (Å²) in [5.74, 6) is -1.08. The van der Waals surface area contributed by atoms with E-state index in [9.17, 15) is 8.78 Å². The Hall–Kier alpha value is -1.00. The van der Waals surface area contributed by atoms with E-state index < -0.39 is 17.2 Å². The van der Waals surface area contributed by atoms with Gasteiger partial charge in [-0.3, -0.25) is 0 Å². The molecule has 0 aliphatic carbocycles. The first-order valence-corrected chi connectivity index (χ1v) is 4.40. The van der Waals surface area contributed by atoms with Gasteiger partial charge in [0, 0.05) is 11.6 Å². The van der Waals surface area contributed by atoms with Gasteiger partial charge in [0.15, 0.2) is 0 Å². The van der Waals surface area contributed by atoms with Crippen LogP contribution in [0.2, 0.25) is 0 Å². The number of halogens is 2. The van der Waals surface area contributed by atoms with Gasteiger partial charge in [0.05, 0.1) is 18.8 Å². The number of likely N-dealkylation sites (N-methyl/N-ethyl adjacent to an activating group) is 1. The summed E-state index contributed by atoms with van der Waals surface area (Å²) in [6.07, 6.45) is 0. The van der Waals surface area contributed by atoms with Gasteiger partial charge in [-0.1, -0.05) is 6.07 Å². The summed E-state index contributed by atoms with van der Waals surface area (Å²) in [6.45, 7) is 0.845. The largest absolute Gasteiger partial charge is 0.377 e. The normalized spacial score (nSPS) is 19.1. The molecule has 1 aromatic carbocycles. The van der Waals surface area contributed by atoms with Crippen molar-refractivity contribution in [3.63, 3.8) is 0 Å². The Labute approximate surface area is 80.9 Å². The Kier molecular flexibility index (Phi) is 2.25. The molecule has 14 heavy (non-hydrogen) atoms. The van der Waals surface area contributed by atoms with E-state index in [0.717, 1.165) is 6.07 Å². The lowest BCUT2D eigenvalue weighted by Gasteiger charge is -2.41. The highest BCUT2D eigenvalue weighted by molar-refractivity contribution is 5.29. The van der Waals surface area contributed by atoms with Crippen molar-refractivity contribution in [2.75, 3.05) is 20.3 Å². The van der Waals surface area contributed by atoms with Gasteiger partial charge in [-0.2, -0.15) is 0 Å². The average molecular weight is 199 g/mol. The molecule has 0 bridgehead atoms.